The summed E-state index contributed by atoms with van der Waals surface area (Å²) in [6, 6.07) is 5.28. The van der Waals surface area contributed by atoms with Crippen molar-refractivity contribution in [2.75, 3.05) is 13.6 Å². The number of pyridine rings is 1. The van der Waals surface area contributed by atoms with Crippen LogP contribution >= 0.6 is 0 Å². The Labute approximate surface area is 127 Å². The van der Waals surface area contributed by atoms with Crippen LogP contribution in [0.4, 0.5) is 0 Å². The highest BCUT2D eigenvalue weighted by molar-refractivity contribution is 6.00. The van der Waals surface area contributed by atoms with Gasteiger partial charge in [-0.25, -0.2) is 0 Å². The van der Waals surface area contributed by atoms with Crippen LogP contribution in [0.5, 0.6) is 0 Å². The predicted molar refractivity (Wildman–Crippen MR) is 78.2 cm³/mol. The molecule has 7 nitrogen and oxygen atoms in total. The zero-order valence-corrected chi connectivity index (χ0v) is 12.6. The molecule has 1 unspecified atom stereocenters. The van der Waals surface area contributed by atoms with Crippen LogP contribution in [0.25, 0.3) is 11.4 Å². The number of aromatic nitrogens is 2. The molecule has 0 saturated carbocycles. The Hall–Kier alpha value is -2.70. The molecule has 1 amide bonds. The molecule has 0 aromatic carbocycles. The summed E-state index contributed by atoms with van der Waals surface area (Å²) in [5, 5.41) is 12.9. The third-order valence-corrected chi connectivity index (χ3v) is 3.30. The van der Waals surface area contributed by atoms with Crippen molar-refractivity contribution < 1.29 is 19.2 Å². The number of carbonyl (C=O) groups excluding carboxylic acids is 1. The lowest BCUT2D eigenvalue weighted by Crippen LogP contribution is -2.34. The average molecular weight is 303 g/mol. The highest BCUT2D eigenvalue weighted by Gasteiger charge is 2.26. The van der Waals surface area contributed by atoms with Gasteiger partial charge >= 0.3 is 5.97 Å². The lowest BCUT2D eigenvalue weighted by Gasteiger charge is -2.19. The van der Waals surface area contributed by atoms with Crippen LogP contribution in [-0.2, 0) is 4.79 Å². The molecule has 0 bridgehead atoms. The molecule has 2 aromatic rings. The van der Waals surface area contributed by atoms with Crippen molar-refractivity contribution in [1.29, 1.82) is 0 Å². The van der Waals surface area contributed by atoms with E-state index in [4.69, 9.17) is 9.63 Å². The molecule has 1 N–H and O–H groups in total. The summed E-state index contributed by atoms with van der Waals surface area (Å²) < 4.78 is 5.12. The highest BCUT2D eigenvalue weighted by atomic mass is 16.5. The van der Waals surface area contributed by atoms with Crippen LogP contribution in [-0.4, -0.2) is 45.6 Å². The fourth-order valence-corrected chi connectivity index (χ4v) is 2.06. The van der Waals surface area contributed by atoms with Gasteiger partial charge in [-0.1, -0.05) is 18.1 Å². The molecule has 22 heavy (non-hydrogen) atoms. The second-order valence-corrected chi connectivity index (χ2v) is 5.10. The van der Waals surface area contributed by atoms with E-state index in [2.05, 4.69) is 10.1 Å². The molecule has 0 aliphatic heterocycles. The number of carboxylic acid groups (broad SMARTS) is 1. The van der Waals surface area contributed by atoms with Gasteiger partial charge in [0.15, 0.2) is 0 Å². The summed E-state index contributed by atoms with van der Waals surface area (Å²) in [6.45, 7) is 3.29. The van der Waals surface area contributed by atoms with Gasteiger partial charge in [-0.05, 0) is 19.1 Å². The van der Waals surface area contributed by atoms with Gasteiger partial charge in [-0.2, -0.15) is 0 Å². The molecule has 0 spiro atoms. The van der Waals surface area contributed by atoms with Crippen LogP contribution in [0, 0.1) is 12.8 Å². The van der Waals surface area contributed by atoms with Crippen molar-refractivity contribution >= 4 is 11.9 Å². The van der Waals surface area contributed by atoms with E-state index in [9.17, 15) is 9.59 Å². The Morgan fingerprint density at radius 3 is 2.73 bits per heavy atom. The second-order valence-electron chi connectivity index (χ2n) is 5.10. The summed E-state index contributed by atoms with van der Waals surface area (Å²) in [5.74, 6) is -1.58. The lowest BCUT2D eigenvalue weighted by molar-refractivity contribution is -0.141. The van der Waals surface area contributed by atoms with Crippen LogP contribution in [0.1, 0.15) is 23.0 Å². The number of aryl methyl sites for hydroxylation is 1. The topological polar surface area (TPSA) is 96.5 Å². The van der Waals surface area contributed by atoms with Crippen molar-refractivity contribution in [3.63, 3.8) is 0 Å². The minimum atomic E-state index is -0.952. The molecule has 116 valence electrons. The van der Waals surface area contributed by atoms with E-state index in [0.29, 0.717) is 22.7 Å². The molecule has 2 rings (SSSR count). The maximum absolute atomic E-state index is 12.6. The van der Waals surface area contributed by atoms with Crippen molar-refractivity contribution in [1.82, 2.24) is 15.0 Å². The summed E-state index contributed by atoms with van der Waals surface area (Å²) >= 11 is 0. The Morgan fingerprint density at radius 2 is 2.14 bits per heavy atom. The largest absolute Gasteiger partial charge is 0.481 e. The minimum absolute atomic E-state index is 0.0977. The number of carbonyl (C=O) groups is 2. The third-order valence-electron chi connectivity index (χ3n) is 3.30. The first-order chi connectivity index (χ1) is 10.4. The maximum Gasteiger partial charge on any atom is 0.308 e. The number of rotatable bonds is 5. The summed E-state index contributed by atoms with van der Waals surface area (Å²) in [6.07, 6.45) is 1.60. The van der Waals surface area contributed by atoms with Crippen LogP contribution < -0.4 is 0 Å². The molecular weight excluding hydrogens is 286 g/mol. The molecule has 0 fully saturated rings. The van der Waals surface area contributed by atoms with E-state index in [1.54, 1.807) is 45.3 Å². The van der Waals surface area contributed by atoms with Crippen LogP contribution in [0.2, 0.25) is 0 Å². The van der Waals surface area contributed by atoms with Crippen molar-refractivity contribution in [2.24, 2.45) is 5.92 Å². The van der Waals surface area contributed by atoms with Crippen molar-refractivity contribution in [3.8, 4) is 11.4 Å². The quantitative estimate of drug-likeness (QED) is 0.905. The van der Waals surface area contributed by atoms with Gasteiger partial charge < -0.3 is 14.5 Å². The van der Waals surface area contributed by atoms with Gasteiger partial charge in [-0.3, -0.25) is 14.6 Å². The van der Waals surface area contributed by atoms with Gasteiger partial charge in [0, 0.05) is 19.8 Å². The van der Waals surface area contributed by atoms with E-state index in [1.807, 2.05) is 0 Å². The van der Waals surface area contributed by atoms with Gasteiger partial charge in [0.05, 0.1) is 11.6 Å². The highest BCUT2D eigenvalue weighted by Crippen LogP contribution is 2.24. The maximum atomic E-state index is 12.6. The number of hydrogen-bond acceptors (Lipinski definition) is 5. The van der Waals surface area contributed by atoms with Crippen LogP contribution in [0.15, 0.2) is 28.9 Å². The first-order valence-corrected chi connectivity index (χ1v) is 6.77. The summed E-state index contributed by atoms with van der Waals surface area (Å²) in [4.78, 5) is 29.0. The number of nitrogens with zero attached hydrogens (tertiary/aromatic N) is 3. The summed E-state index contributed by atoms with van der Waals surface area (Å²) in [7, 11) is 1.55. The minimum Gasteiger partial charge on any atom is -0.481 e. The molecule has 0 aliphatic rings. The molecule has 0 radical (unpaired) electrons. The molecule has 0 aliphatic carbocycles. The molecule has 7 heteroatoms. The van der Waals surface area contributed by atoms with E-state index < -0.39 is 11.9 Å². The molecule has 1 atom stereocenters. The Balaban J connectivity index is 2.31. The first-order valence-electron chi connectivity index (χ1n) is 6.77. The molecule has 2 aromatic heterocycles. The van der Waals surface area contributed by atoms with E-state index in [0.717, 1.165) is 0 Å². The van der Waals surface area contributed by atoms with Gasteiger partial charge in [0.2, 0.25) is 0 Å². The normalized spacial score (nSPS) is 12.0. The second kappa shape index (κ2) is 6.38. The van der Waals surface area contributed by atoms with E-state index >= 15 is 0 Å². The van der Waals surface area contributed by atoms with Gasteiger partial charge in [0.25, 0.3) is 5.91 Å². The Bertz CT molecular complexity index is 681. The van der Waals surface area contributed by atoms with E-state index in [-0.39, 0.29) is 12.5 Å². The average Bonchev–Trinajstić information content (AvgIpc) is 2.88. The van der Waals surface area contributed by atoms with Crippen LogP contribution in [0.3, 0.4) is 0 Å². The number of amides is 1. The summed E-state index contributed by atoms with van der Waals surface area (Å²) in [5.41, 5.74) is 1.19. The molecule has 2 heterocycles. The predicted octanol–water partition coefficient (Wildman–Crippen LogP) is 1.84. The number of hydrogen-bond donors (Lipinski definition) is 1. The molecule has 0 saturated heterocycles. The molecular formula is C15H17N3O4. The van der Waals surface area contributed by atoms with Gasteiger partial charge in [-0.15, -0.1) is 0 Å². The fourth-order valence-electron chi connectivity index (χ4n) is 2.06. The zero-order chi connectivity index (χ0) is 16.3. The van der Waals surface area contributed by atoms with Crippen molar-refractivity contribution in [2.45, 2.75) is 13.8 Å². The SMILES string of the molecule is Cc1onc(-c2ccccn2)c1C(=O)N(C)CC(C)C(=O)O. The van der Waals surface area contributed by atoms with Gasteiger partial charge in [0.1, 0.15) is 17.0 Å². The fraction of sp³-hybridized carbons (Fsp3) is 0.333. The number of aliphatic carboxylic acids is 1. The zero-order valence-electron chi connectivity index (χ0n) is 12.6. The van der Waals surface area contributed by atoms with E-state index in [1.165, 1.54) is 4.90 Å². The Kier molecular flexibility index (Phi) is 4.55. The first kappa shape index (κ1) is 15.7. The standard InChI is InChI=1S/C15H17N3O4/c1-9(15(20)21)8-18(3)14(19)12-10(2)22-17-13(12)11-6-4-5-7-16-11/h4-7,9H,8H2,1-3H3,(H,20,21). The lowest BCUT2D eigenvalue weighted by atomic mass is 10.1. The third kappa shape index (κ3) is 3.13. The monoisotopic (exact) mass is 303 g/mol. The van der Waals surface area contributed by atoms with Crippen molar-refractivity contribution in [3.05, 3.63) is 35.7 Å². The Morgan fingerprint density at radius 1 is 1.41 bits per heavy atom. The smallest absolute Gasteiger partial charge is 0.308 e. The number of carboxylic acids is 1.